The molecule has 0 aliphatic heterocycles. The van der Waals surface area contributed by atoms with E-state index < -0.39 is 5.97 Å². The minimum atomic E-state index is -0.509. The number of rotatable bonds is 5. The van der Waals surface area contributed by atoms with Crippen molar-refractivity contribution in [2.45, 2.75) is 13.5 Å². The van der Waals surface area contributed by atoms with Crippen LogP contribution in [0.25, 0.3) is 10.9 Å². The first kappa shape index (κ1) is 17.0. The Kier molecular flexibility index (Phi) is 5.20. The van der Waals surface area contributed by atoms with Crippen molar-refractivity contribution >= 4 is 51.1 Å². The highest BCUT2D eigenvalue weighted by Gasteiger charge is 2.14. The van der Waals surface area contributed by atoms with E-state index in [9.17, 15) is 4.79 Å². The van der Waals surface area contributed by atoms with Gasteiger partial charge in [-0.15, -0.1) is 0 Å². The Morgan fingerprint density at radius 2 is 2.25 bits per heavy atom. The van der Waals surface area contributed by atoms with Gasteiger partial charge in [0, 0.05) is 17.6 Å². The first-order valence-electron chi connectivity index (χ1n) is 6.98. The Labute approximate surface area is 156 Å². The van der Waals surface area contributed by atoms with E-state index in [-0.39, 0.29) is 13.2 Å². The van der Waals surface area contributed by atoms with Gasteiger partial charge in [0.05, 0.1) is 8.59 Å². The number of carbonyl (C=O) groups excluding carboxylic acids is 1. The number of ether oxygens (including phenoxy) is 2. The van der Waals surface area contributed by atoms with Gasteiger partial charge in [0.15, 0.2) is 12.4 Å². The average Bonchev–Trinajstić information content (AvgIpc) is 2.98. The third-order valence-electron chi connectivity index (χ3n) is 3.14. The van der Waals surface area contributed by atoms with Crippen LogP contribution in [0.1, 0.15) is 11.5 Å². The molecule has 0 spiro atoms. The molecular formula is C16H12ClIN2O4. The predicted octanol–water partition coefficient (Wildman–Crippen LogP) is 3.91. The van der Waals surface area contributed by atoms with Gasteiger partial charge in [-0.3, -0.25) is 4.98 Å². The molecule has 1 aromatic carbocycles. The van der Waals surface area contributed by atoms with Gasteiger partial charge in [-0.05, 0) is 47.7 Å². The van der Waals surface area contributed by atoms with E-state index in [1.807, 2.05) is 6.07 Å². The van der Waals surface area contributed by atoms with Crippen LogP contribution in [0.5, 0.6) is 5.75 Å². The molecule has 8 heteroatoms. The molecule has 24 heavy (non-hydrogen) atoms. The van der Waals surface area contributed by atoms with Gasteiger partial charge in [-0.25, -0.2) is 4.79 Å². The number of nitrogens with zero attached hydrogens (tertiary/aromatic N) is 2. The average molecular weight is 459 g/mol. The van der Waals surface area contributed by atoms with Crippen molar-refractivity contribution in [1.82, 2.24) is 10.1 Å². The summed E-state index contributed by atoms with van der Waals surface area (Å²) in [6, 6.07) is 7.11. The molecule has 3 rings (SSSR count). The van der Waals surface area contributed by atoms with Gasteiger partial charge in [0.1, 0.15) is 23.6 Å². The molecule has 0 fully saturated rings. The maximum atomic E-state index is 11.9. The summed E-state index contributed by atoms with van der Waals surface area (Å²) in [5.41, 5.74) is 1.16. The maximum Gasteiger partial charge on any atom is 0.344 e. The van der Waals surface area contributed by atoms with Crippen molar-refractivity contribution in [1.29, 1.82) is 0 Å². The fourth-order valence-electron chi connectivity index (χ4n) is 2.10. The number of fused-ring (bicyclic) bond motifs is 1. The van der Waals surface area contributed by atoms with Crippen LogP contribution in [-0.4, -0.2) is 22.7 Å². The zero-order chi connectivity index (χ0) is 17.1. The molecule has 124 valence electrons. The van der Waals surface area contributed by atoms with Gasteiger partial charge in [-0.2, -0.15) is 0 Å². The topological polar surface area (TPSA) is 74.5 Å². The maximum absolute atomic E-state index is 11.9. The van der Waals surface area contributed by atoms with Crippen LogP contribution in [0.15, 0.2) is 35.0 Å². The Morgan fingerprint density at radius 1 is 1.42 bits per heavy atom. The number of aryl methyl sites for hydroxylation is 1. The molecule has 2 heterocycles. The normalized spacial score (nSPS) is 10.8. The predicted molar refractivity (Wildman–Crippen MR) is 96.0 cm³/mol. The molecule has 0 saturated heterocycles. The number of benzene rings is 1. The SMILES string of the molecule is Cc1cc(COC(=O)COc2c(I)cc(Cl)c3cccnc23)no1. The summed E-state index contributed by atoms with van der Waals surface area (Å²) in [5, 5.41) is 5.10. The monoisotopic (exact) mass is 458 g/mol. The number of aromatic nitrogens is 2. The minimum Gasteiger partial charge on any atom is -0.478 e. The van der Waals surface area contributed by atoms with E-state index in [2.05, 4.69) is 32.7 Å². The largest absolute Gasteiger partial charge is 0.478 e. The van der Waals surface area contributed by atoms with Crippen molar-refractivity contribution in [2.24, 2.45) is 0 Å². The van der Waals surface area contributed by atoms with Crippen LogP contribution < -0.4 is 4.74 Å². The lowest BCUT2D eigenvalue weighted by molar-refractivity contribution is -0.147. The van der Waals surface area contributed by atoms with Crippen LogP contribution in [0.2, 0.25) is 5.02 Å². The molecule has 0 bridgehead atoms. The molecule has 0 aliphatic carbocycles. The number of carbonyl (C=O) groups is 1. The first-order chi connectivity index (χ1) is 11.5. The molecule has 0 amide bonds. The van der Waals surface area contributed by atoms with E-state index in [4.69, 9.17) is 25.6 Å². The van der Waals surface area contributed by atoms with Gasteiger partial charge < -0.3 is 14.0 Å². The van der Waals surface area contributed by atoms with E-state index in [1.54, 1.807) is 31.3 Å². The Balaban J connectivity index is 1.68. The lowest BCUT2D eigenvalue weighted by Gasteiger charge is -2.11. The molecule has 0 N–H and O–H groups in total. The van der Waals surface area contributed by atoms with Gasteiger partial charge in [0.25, 0.3) is 0 Å². The zero-order valence-electron chi connectivity index (χ0n) is 12.6. The standard InChI is InChI=1S/C16H12ClIN2O4/c1-9-5-10(20-24-9)7-22-14(21)8-23-16-13(18)6-12(17)11-3-2-4-19-15(11)16/h2-6H,7-8H2,1H3. The highest BCUT2D eigenvalue weighted by atomic mass is 127. The summed E-state index contributed by atoms with van der Waals surface area (Å²) in [4.78, 5) is 16.1. The van der Waals surface area contributed by atoms with Gasteiger partial charge >= 0.3 is 5.97 Å². The molecule has 0 unspecified atom stereocenters. The van der Waals surface area contributed by atoms with E-state index >= 15 is 0 Å². The van der Waals surface area contributed by atoms with Crippen LogP contribution in [0.3, 0.4) is 0 Å². The second-order valence-corrected chi connectivity index (χ2v) is 6.52. The Morgan fingerprint density at radius 3 is 3.00 bits per heavy atom. The van der Waals surface area contributed by atoms with Crippen molar-refractivity contribution in [3.8, 4) is 5.75 Å². The third kappa shape index (κ3) is 3.78. The number of halogens is 2. The van der Waals surface area contributed by atoms with Crippen molar-refractivity contribution in [2.75, 3.05) is 6.61 Å². The Hall–Kier alpha value is -1.87. The molecular weight excluding hydrogens is 447 g/mol. The highest BCUT2D eigenvalue weighted by molar-refractivity contribution is 14.1. The molecule has 0 aliphatic rings. The van der Waals surface area contributed by atoms with Crippen LogP contribution in [-0.2, 0) is 16.1 Å². The van der Waals surface area contributed by atoms with Crippen molar-refractivity contribution < 1.29 is 18.8 Å². The zero-order valence-corrected chi connectivity index (χ0v) is 15.5. The summed E-state index contributed by atoms with van der Waals surface area (Å²) in [6.07, 6.45) is 1.65. The number of hydrogen-bond donors (Lipinski definition) is 0. The third-order valence-corrected chi connectivity index (χ3v) is 4.26. The van der Waals surface area contributed by atoms with Gasteiger partial charge in [-0.1, -0.05) is 16.8 Å². The second-order valence-electron chi connectivity index (χ2n) is 4.95. The van der Waals surface area contributed by atoms with E-state index in [0.29, 0.717) is 27.7 Å². The fraction of sp³-hybridized carbons (Fsp3) is 0.188. The summed E-state index contributed by atoms with van der Waals surface area (Å²) < 4.78 is 16.4. The van der Waals surface area contributed by atoms with E-state index in [0.717, 1.165) is 8.96 Å². The Bertz CT molecular complexity index is 897. The summed E-state index contributed by atoms with van der Waals surface area (Å²) in [6.45, 7) is 1.57. The van der Waals surface area contributed by atoms with Crippen LogP contribution in [0, 0.1) is 10.5 Å². The minimum absolute atomic E-state index is 0.0379. The molecule has 0 atom stereocenters. The second kappa shape index (κ2) is 7.35. The highest BCUT2D eigenvalue weighted by Crippen LogP contribution is 2.34. The summed E-state index contributed by atoms with van der Waals surface area (Å²) >= 11 is 8.30. The molecule has 3 aromatic rings. The fourth-order valence-corrected chi connectivity index (χ4v) is 3.27. The molecule has 0 saturated carbocycles. The van der Waals surface area contributed by atoms with Crippen molar-refractivity contribution in [3.63, 3.8) is 0 Å². The number of esters is 1. The lowest BCUT2D eigenvalue weighted by Crippen LogP contribution is -2.15. The molecule has 6 nitrogen and oxygen atoms in total. The summed E-state index contributed by atoms with van der Waals surface area (Å²) in [7, 11) is 0. The van der Waals surface area contributed by atoms with Crippen LogP contribution in [0.4, 0.5) is 0 Å². The smallest absolute Gasteiger partial charge is 0.344 e. The first-order valence-corrected chi connectivity index (χ1v) is 8.43. The lowest BCUT2D eigenvalue weighted by atomic mass is 10.2. The molecule has 2 aromatic heterocycles. The van der Waals surface area contributed by atoms with E-state index in [1.165, 1.54) is 0 Å². The number of pyridine rings is 1. The summed E-state index contributed by atoms with van der Waals surface area (Å²) in [5.74, 6) is 0.654. The number of hydrogen-bond acceptors (Lipinski definition) is 6. The quantitative estimate of drug-likeness (QED) is 0.426. The van der Waals surface area contributed by atoms with Crippen LogP contribution >= 0.6 is 34.2 Å². The van der Waals surface area contributed by atoms with Crippen molar-refractivity contribution in [3.05, 3.63) is 50.5 Å². The van der Waals surface area contributed by atoms with Gasteiger partial charge in [0.2, 0.25) is 0 Å². The molecule has 0 radical (unpaired) electrons.